The number of hydrogen-bond acceptors (Lipinski definition) is 3. The maximum Gasteiger partial charge on any atom is 0.303 e. The molecule has 0 radical (unpaired) electrons. The van der Waals surface area contributed by atoms with Crippen LogP contribution in [0.5, 0.6) is 0 Å². The lowest BCUT2D eigenvalue weighted by atomic mass is 10.2. The van der Waals surface area contributed by atoms with E-state index in [1.165, 1.54) is 0 Å². The van der Waals surface area contributed by atoms with Crippen molar-refractivity contribution in [3.63, 3.8) is 0 Å². The van der Waals surface area contributed by atoms with E-state index in [0.29, 0.717) is 6.54 Å². The molecule has 84 valence electrons. The van der Waals surface area contributed by atoms with Gasteiger partial charge in [-0.1, -0.05) is 0 Å². The van der Waals surface area contributed by atoms with Crippen molar-refractivity contribution < 1.29 is 15.0 Å². The molecule has 0 saturated carbocycles. The lowest BCUT2D eigenvalue weighted by Gasteiger charge is -2.20. The van der Waals surface area contributed by atoms with Crippen LogP contribution in [-0.4, -0.2) is 40.9 Å². The van der Waals surface area contributed by atoms with E-state index in [1.54, 1.807) is 6.20 Å². The SMILES string of the molecule is CN(CC(O)CCC(=O)O)c1ccc[nH]1. The minimum Gasteiger partial charge on any atom is -0.481 e. The Balaban J connectivity index is 2.31. The molecule has 0 spiro atoms. The van der Waals surface area contributed by atoms with E-state index >= 15 is 0 Å². The third-order valence-corrected chi connectivity index (χ3v) is 2.17. The van der Waals surface area contributed by atoms with Crippen LogP contribution in [0, 0.1) is 0 Å². The molecule has 15 heavy (non-hydrogen) atoms. The smallest absolute Gasteiger partial charge is 0.303 e. The van der Waals surface area contributed by atoms with E-state index in [0.717, 1.165) is 5.82 Å². The van der Waals surface area contributed by atoms with Gasteiger partial charge in [0.15, 0.2) is 0 Å². The van der Waals surface area contributed by atoms with E-state index in [2.05, 4.69) is 4.98 Å². The minimum absolute atomic E-state index is 0.000265. The molecule has 0 saturated heterocycles. The first-order valence-corrected chi connectivity index (χ1v) is 4.84. The number of hydrogen-bond donors (Lipinski definition) is 3. The molecule has 0 bridgehead atoms. The molecule has 0 aromatic carbocycles. The van der Waals surface area contributed by atoms with E-state index in [9.17, 15) is 9.90 Å². The number of nitrogens with zero attached hydrogens (tertiary/aromatic N) is 1. The first kappa shape index (κ1) is 11.6. The molecule has 5 heteroatoms. The van der Waals surface area contributed by atoms with Crippen LogP contribution in [0.2, 0.25) is 0 Å². The number of aliphatic carboxylic acids is 1. The Hall–Kier alpha value is -1.49. The van der Waals surface area contributed by atoms with Gasteiger partial charge in [0.2, 0.25) is 0 Å². The fraction of sp³-hybridized carbons (Fsp3) is 0.500. The molecule has 1 aromatic rings. The molecular weight excluding hydrogens is 196 g/mol. The number of aliphatic hydroxyl groups excluding tert-OH is 1. The van der Waals surface area contributed by atoms with Crippen LogP contribution in [0.25, 0.3) is 0 Å². The monoisotopic (exact) mass is 212 g/mol. The second-order valence-corrected chi connectivity index (χ2v) is 3.52. The highest BCUT2D eigenvalue weighted by atomic mass is 16.4. The van der Waals surface area contributed by atoms with Crippen molar-refractivity contribution in [2.24, 2.45) is 0 Å². The Bertz CT molecular complexity index is 298. The largest absolute Gasteiger partial charge is 0.481 e. The van der Waals surface area contributed by atoms with E-state index in [1.807, 2.05) is 24.1 Å². The van der Waals surface area contributed by atoms with Gasteiger partial charge in [0.1, 0.15) is 5.82 Å². The van der Waals surface area contributed by atoms with Gasteiger partial charge in [-0.05, 0) is 18.6 Å². The molecule has 1 unspecified atom stereocenters. The predicted octanol–water partition coefficient (Wildman–Crippen LogP) is 0.677. The van der Waals surface area contributed by atoms with Gasteiger partial charge in [-0.3, -0.25) is 4.79 Å². The van der Waals surface area contributed by atoms with Gasteiger partial charge in [0.25, 0.3) is 0 Å². The van der Waals surface area contributed by atoms with Crippen molar-refractivity contribution in [2.75, 3.05) is 18.5 Å². The molecule has 1 rings (SSSR count). The Morgan fingerprint density at radius 2 is 2.40 bits per heavy atom. The molecule has 1 aromatic heterocycles. The molecule has 0 aliphatic carbocycles. The van der Waals surface area contributed by atoms with Crippen LogP contribution < -0.4 is 4.90 Å². The summed E-state index contributed by atoms with van der Waals surface area (Å²) in [5.74, 6) is 0.0287. The molecule has 0 aliphatic rings. The minimum atomic E-state index is -0.878. The second-order valence-electron chi connectivity index (χ2n) is 3.52. The van der Waals surface area contributed by atoms with Gasteiger partial charge in [-0.2, -0.15) is 0 Å². The lowest BCUT2D eigenvalue weighted by Crippen LogP contribution is -2.29. The van der Waals surface area contributed by atoms with Crippen molar-refractivity contribution in [1.82, 2.24) is 4.98 Å². The maximum atomic E-state index is 10.3. The number of carboxylic acids is 1. The third-order valence-electron chi connectivity index (χ3n) is 2.17. The van der Waals surface area contributed by atoms with Crippen LogP contribution >= 0.6 is 0 Å². The zero-order valence-electron chi connectivity index (χ0n) is 8.68. The van der Waals surface area contributed by atoms with Crippen molar-refractivity contribution in [3.8, 4) is 0 Å². The molecule has 3 N–H and O–H groups in total. The fourth-order valence-corrected chi connectivity index (χ4v) is 1.35. The topological polar surface area (TPSA) is 76.6 Å². The number of carbonyl (C=O) groups is 1. The average molecular weight is 212 g/mol. The number of aliphatic hydroxyl groups is 1. The van der Waals surface area contributed by atoms with E-state index in [4.69, 9.17) is 5.11 Å². The summed E-state index contributed by atoms with van der Waals surface area (Å²) in [5.41, 5.74) is 0. The van der Waals surface area contributed by atoms with Crippen molar-refractivity contribution in [1.29, 1.82) is 0 Å². The summed E-state index contributed by atoms with van der Waals surface area (Å²) in [7, 11) is 1.84. The summed E-state index contributed by atoms with van der Waals surface area (Å²) in [6, 6.07) is 3.76. The highest BCUT2D eigenvalue weighted by Gasteiger charge is 2.10. The van der Waals surface area contributed by atoms with Gasteiger partial charge in [0, 0.05) is 26.2 Å². The van der Waals surface area contributed by atoms with E-state index < -0.39 is 12.1 Å². The Labute approximate surface area is 88.3 Å². The summed E-state index contributed by atoms with van der Waals surface area (Å²) in [4.78, 5) is 15.1. The van der Waals surface area contributed by atoms with Gasteiger partial charge >= 0.3 is 5.97 Å². The van der Waals surface area contributed by atoms with Gasteiger partial charge in [-0.15, -0.1) is 0 Å². The second kappa shape index (κ2) is 5.41. The summed E-state index contributed by atoms with van der Waals surface area (Å²) in [5, 5.41) is 18.0. The standard InChI is InChI=1S/C10H16N2O3/c1-12(9-3-2-6-11-9)7-8(13)4-5-10(14)15/h2-3,6,8,11,13H,4-5,7H2,1H3,(H,14,15). The number of rotatable bonds is 6. The van der Waals surface area contributed by atoms with Gasteiger partial charge < -0.3 is 20.1 Å². The van der Waals surface area contributed by atoms with Crippen LogP contribution in [-0.2, 0) is 4.79 Å². The normalized spacial score (nSPS) is 12.4. The number of aromatic nitrogens is 1. The first-order chi connectivity index (χ1) is 7.09. The number of H-pyrrole nitrogens is 1. The highest BCUT2D eigenvalue weighted by Crippen LogP contribution is 2.09. The molecule has 0 amide bonds. The molecule has 1 atom stereocenters. The number of aromatic amines is 1. The average Bonchev–Trinajstić information content (AvgIpc) is 2.67. The number of carboxylic acid groups (broad SMARTS) is 1. The fourth-order valence-electron chi connectivity index (χ4n) is 1.35. The summed E-state index contributed by atoms with van der Waals surface area (Å²) in [6.07, 6.45) is 1.46. The lowest BCUT2D eigenvalue weighted by molar-refractivity contribution is -0.137. The van der Waals surface area contributed by atoms with Crippen LogP contribution in [0.1, 0.15) is 12.8 Å². The highest BCUT2D eigenvalue weighted by molar-refractivity contribution is 5.66. The quantitative estimate of drug-likeness (QED) is 0.648. The predicted molar refractivity (Wildman–Crippen MR) is 56.9 cm³/mol. The van der Waals surface area contributed by atoms with Crippen LogP contribution in [0.3, 0.4) is 0 Å². The Morgan fingerprint density at radius 3 is 2.93 bits per heavy atom. The molecule has 0 fully saturated rings. The molecule has 0 aliphatic heterocycles. The number of likely N-dealkylation sites (N-methyl/N-ethyl adjacent to an activating group) is 1. The van der Waals surface area contributed by atoms with Crippen LogP contribution in [0.4, 0.5) is 5.82 Å². The van der Waals surface area contributed by atoms with E-state index in [-0.39, 0.29) is 12.8 Å². The van der Waals surface area contributed by atoms with Gasteiger partial charge in [0.05, 0.1) is 6.10 Å². The zero-order chi connectivity index (χ0) is 11.3. The summed E-state index contributed by atoms with van der Waals surface area (Å²) >= 11 is 0. The number of anilines is 1. The Morgan fingerprint density at radius 1 is 1.67 bits per heavy atom. The summed E-state index contributed by atoms with van der Waals surface area (Å²) in [6.45, 7) is 0.424. The Kier molecular flexibility index (Phi) is 4.17. The molecule has 5 nitrogen and oxygen atoms in total. The zero-order valence-corrected chi connectivity index (χ0v) is 8.68. The third kappa shape index (κ3) is 4.03. The molecular formula is C10H16N2O3. The number of nitrogens with one attached hydrogen (secondary N) is 1. The van der Waals surface area contributed by atoms with Crippen LogP contribution in [0.15, 0.2) is 18.3 Å². The van der Waals surface area contributed by atoms with Crippen molar-refractivity contribution in [2.45, 2.75) is 18.9 Å². The van der Waals surface area contributed by atoms with Gasteiger partial charge in [-0.25, -0.2) is 0 Å². The van der Waals surface area contributed by atoms with Crippen molar-refractivity contribution >= 4 is 11.8 Å². The molecule has 1 heterocycles. The van der Waals surface area contributed by atoms with Crippen molar-refractivity contribution in [3.05, 3.63) is 18.3 Å². The summed E-state index contributed by atoms with van der Waals surface area (Å²) < 4.78 is 0. The maximum absolute atomic E-state index is 10.3. The first-order valence-electron chi connectivity index (χ1n) is 4.84.